The normalized spacial score (nSPS) is 14.0. The van der Waals surface area contributed by atoms with E-state index >= 15 is 0 Å². The summed E-state index contributed by atoms with van der Waals surface area (Å²) in [5.41, 5.74) is 10.4. The van der Waals surface area contributed by atoms with E-state index in [0.29, 0.717) is 6.54 Å². The summed E-state index contributed by atoms with van der Waals surface area (Å²) in [5, 5.41) is 4.49. The summed E-state index contributed by atoms with van der Waals surface area (Å²) < 4.78 is 7.51. The van der Waals surface area contributed by atoms with Crippen LogP contribution in [-0.4, -0.2) is 22.9 Å². The molecule has 0 unspecified atom stereocenters. The lowest BCUT2D eigenvalue weighted by atomic mass is 9.98. The van der Waals surface area contributed by atoms with Crippen molar-refractivity contribution in [1.29, 1.82) is 0 Å². The molecule has 0 radical (unpaired) electrons. The van der Waals surface area contributed by atoms with Crippen molar-refractivity contribution in [3.05, 3.63) is 35.7 Å². The van der Waals surface area contributed by atoms with Gasteiger partial charge >= 0.3 is 0 Å². The Hall–Kier alpha value is -1.81. The van der Waals surface area contributed by atoms with Crippen molar-refractivity contribution in [3.8, 4) is 16.9 Å². The van der Waals surface area contributed by atoms with Gasteiger partial charge in [0.25, 0.3) is 0 Å². The Labute approximate surface area is 113 Å². The third-order valence-electron chi connectivity index (χ3n) is 3.51. The molecule has 4 heteroatoms. The molecule has 19 heavy (non-hydrogen) atoms. The number of hydrogen-bond acceptors (Lipinski definition) is 3. The maximum atomic E-state index is 5.66. The Bertz CT molecular complexity index is 589. The maximum absolute atomic E-state index is 5.66. The number of ether oxygens (including phenoxy) is 1. The largest absolute Gasteiger partial charge is 0.493 e. The van der Waals surface area contributed by atoms with Crippen molar-refractivity contribution >= 4 is 0 Å². The molecular weight excluding hydrogens is 238 g/mol. The van der Waals surface area contributed by atoms with Gasteiger partial charge in [0, 0.05) is 25.2 Å². The van der Waals surface area contributed by atoms with Gasteiger partial charge in [0.2, 0.25) is 0 Å². The highest BCUT2D eigenvalue weighted by atomic mass is 16.5. The number of benzene rings is 1. The van der Waals surface area contributed by atoms with Crippen LogP contribution in [0.2, 0.25) is 0 Å². The fraction of sp³-hybridized carbons (Fsp3) is 0.400. The molecule has 0 saturated heterocycles. The summed E-state index contributed by atoms with van der Waals surface area (Å²) in [5.74, 6) is 1.03. The van der Waals surface area contributed by atoms with Crippen molar-refractivity contribution in [1.82, 2.24) is 9.78 Å². The minimum atomic E-state index is 0.623. The molecule has 0 saturated carbocycles. The molecule has 0 atom stereocenters. The summed E-state index contributed by atoms with van der Waals surface area (Å²) in [7, 11) is 1.95. The van der Waals surface area contributed by atoms with Gasteiger partial charge in [-0.25, -0.2) is 0 Å². The van der Waals surface area contributed by atoms with Gasteiger partial charge in [-0.1, -0.05) is 6.07 Å². The Morgan fingerprint density at radius 3 is 3.16 bits per heavy atom. The first-order valence-electron chi connectivity index (χ1n) is 6.76. The molecule has 2 aromatic rings. The third kappa shape index (κ3) is 2.36. The second-order valence-electron chi connectivity index (χ2n) is 4.98. The molecule has 2 N–H and O–H groups in total. The van der Waals surface area contributed by atoms with Crippen LogP contribution in [0.4, 0.5) is 0 Å². The molecule has 1 aliphatic heterocycles. The smallest absolute Gasteiger partial charge is 0.122 e. The first-order chi connectivity index (χ1) is 9.28. The summed E-state index contributed by atoms with van der Waals surface area (Å²) >= 11 is 0. The molecule has 4 nitrogen and oxygen atoms in total. The van der Waals surface area contributed by atoms with Gasteiger partial charge in [0.15, 0.2) is 0 Å². The number of nitrogens with two attached hydrogens (primary N) is 1. The second kappa shape index (κ2) is 5.05. The molecule has 1 aromatic heterocycles. The minimum Gasteiger partial charge on any atom is -0.493 e. The zero-order valence-electron chi connectivity index (χ0n) is 11.2. The van der Waals surface area contributed by atoms with E-state index < -0.39 is 0 Å². The lowest BCUT2D eigenvalue weighted by molar-refractivity contribution is 0.288. The molecule has 2 heterocycles. The van der Waals surface area contributed by atoms with Crippen LogP contribution in [0.25, 0.3) is 11.1 Å². The highest BCUT2D eigenvalue weighted by molar-refractivity contribution is 5.67. The van der Waals surface area contributed by atoms with Gasteiger partial charge in [-0.3, -0.25) is 4.68 Å². The fourth-order valence-corrected chi connectivity index (χ4v) is 2.62. The Balaban J connectivity index is 2.01. The topological polar surface area (TPSA) is 53.1 Å². The first kappa shape index (κ1) is 12.2. The predicted octanol–water partition coefficient (Wildman–Crippen LogP) is 1.91. The number of fused-ring (bicyclic) bond motifs is 1. The maximum Gasteiger partial charge on any atom is 0.122 e. The van der Waals surface area contributed by atoms with Crippen LogP contribution < -0.4 is 10.5 Å². The van der Waals surface area contributed by atoms with Gasteiger partial charge in [-0.2, -0.15) is 5.10 Å². The zero-order chi connectivity index (χ0) is 13.2. The van der Waals surface area contributed by atoms with E-state index in [0.717, 1.165) is 37.3 Å². The molecule has 0 aliphatic carbocycles. The molecular formula is C15H19N3O. The molecule has 3 rings (SSSR count). The summed E-state index contributed by atoms with van der Waals surface area (Å²) in [4.78, 5) is 0. The van der Waals surface area contributed by atoms with Gasteiger partial charge in [0.1, 0.15) is 5.75 Å². The van der Waals surface area contributed by atoms with Crippen molar-refractivity contribution in [2.45, 2.75) is 19.3 Å². The van der Waals surface area contributed by atoms with Crippen LogP contribution in [0.5, 0.6) is 5.75 Å². The predicted molar refractivity (Wildman–Crippen MR) is 75.2 cm³/mol. The summed E-state index contributed by atoms with van der Waals surface area (Å²) in [6.07, 6.45) is 5.06. The zero-order valence-corrected chi connectivity index (χ0v) is 11.2. The molecule has 0 amide bonds. The lowest BCUT2D eigenvalue weighted by Crippen LogP contribution is -2.08. The molecule has 0 spiro atoms. The SMILES string of the molecule is Cn1cc(-c2ccc3c(c2)CCCO3)c(CCN)n1. The number of aromatic nitrogens is 2. The van der Waals surface area contributed by atoms with E-state index in [9.17, 15) is 0 Å². The number of nitrogens with zero attached hydrogens (tertiary/aromatic N) is 2. The number of aryl methyl sites for hydroxylation is 2. The van der Waals surface area contributed by atoms with Gasteiger partial charge in [-0.05, 0) is 42.6 Å². The van der Waals surface area contributed by atoms with Gasteiger partial charge in [-0.15, -0.1) is 0 Å². The lowest BCUT2D eigenvalue weighted by Gasteiger charge is -2.17. The average molecular weight is 257 g/mol. The molecule has 1 aliphatic rings. The van der Waals surface area contributed by atoms with Crippen LogP contribution in [0.15, 0.2) is 24.4 Å². The quantitative estimate of drug-likeness (QED) is 0.914. The van der Waals surface area contributed by atoms with E-state index in [4.69, 9.17) is 10.5 Å². The van der Waals surface area contributed by atoms with Crippen LogP contribution in [0.1, 0.15) is 17.7 Å². The minimum absolute atomic E-state index is 0.623. The summed E-state index contributed by atoms with van der Waals surface area (Å²) in [6, 6.07) is 6.41. The van der Waals surface area contributed by atoms with E-state index in [-0.39, 0.29) is 0 Å². The van der Waals surface area contributed by atoms with Crippen LogP contribution >= 0.6 is 0 Å². The Kier molecular flexibility index (Phi) is 3.25. The standard InChI is InChI=1S/C15H19N3O/c1-18-10-13(14(17-18)6-7-16)11-4-5-15-12(9-11)3-2-8-19-15/h4-5,9-10H,2-3,6-8,16H2,1H3. The van der Waals surface area contributed by atoms with E-state index in [1.807, 2.05) is 11.7 Å². The third-order valence-corrected chi connectivity index (χ3v) is 3.51. The van der Waals surface area contributed by atoms with Crippen molar-refractivity contribution in [3.63, 3.8) is 0 Å². The number of rotatable bonds is 3. The Morgan fingerprint density at radius 2 is 2.32 bits per heavy atom. The van der Waals surface area contributed by atoms with E-state index in [1.54, 1.807) is 0 Å². The van der Waals surface area contributed by atoms with E-state index in [1.165, 1.54) is 16.7 Å². The van der Waals surface area contributed by atoms with Crippen molar-refractivity contribution < 1.29 is 4.74 Å². The van der Waals surface area contributed by atoms with Crippen LogP contribution in [0.3, 0.4) is 0 Å². The van der Waals surface area contributed by atoms with Gasteiger partial charge < -0.3 is 10.5 Å². The van der Waals surface area contributed by atoms with Gasteiger partial charge in [0.05, 0.1) is 12.3 Å². The average Bonchev–Trinajstić information content (AvgIpc) is 2.80. The number of hydrogen-bond donors (Lipinski definition) is 1. The van der Waals surface area contributed by atoms with Crippen molar-refractivity contribution in [2.75, 3.05) is 13.2 Å². The highest BCUT2D eigenvalue weighted by Crippen LogP contribution is 2.31. The van der Waals surface area contributed by atoms with E-state index in [2.05, 4.69) is 29.5 Å². The second-order valence-corrected chi connectivity index (χ2v) is 4.98. The molecule has 1 aromatic carbocycles. The monoisotopic (exact) mass is 257 g/mol. The summed E-state index contributed by atoms with van der Waals surface area (Å²) in [6.45, 7) is 1.45. The van der Waals surface area contributed by atoms with Crippen LogP contribution in [0, 0.1) is 0 Å². The molecule has 0 bridgehead atoms. The fourth-order valence-electron chi connectivity index (χ4n) is 2.62. The highest BCUT2D eigenvalue weighted by Gasteiger charge is 2.14. The Morgan fingerprint density at radius 1 is 1.42 bits per heavy atom. The molecule has 100 valence electrons. The van der Waals surface area contributed by atoms with Crippen LogP contribution in [-0.2, 0) is 19.9 Å². The molecule has 0 fully saturated rings. The van der Waals surface area contributed by atoms with Crippen molar-refractivity contribution in [2.24, 2.45) is 12.8 Å². The first-order valence-corrected chi connectivity index (χ1v) is 6.76.